The van der Waals surface area contributed by atoms with E-state index < -0.39 is 5.97 Å². The summed E-state index contributed by atoms with van der Waals surface area (Å²) in [5.41, 5.74) is 0.751. The number of aliphatic carboxylic acids is 1. The van der Waals surface area contributed by atoms with Gasteiger partial charge in [-0.2, -0.15) is 0 Å². The Labute approximate surface area is 75.1 Å². The molecular weight excluding hydrogens is 176 g/mol. The van der Waals surface area contributed by atoms with Gasteiger partial charge in [0.2, 0.25) is 0 Å². The first-order valence-electron chi connectivity index (χ1n) is 3.27. The molecule has 12 heavy (non-hydrogen) atoms. The third kappa shape index (κ3) is 2.76. The number of hydrogen-bond donors (Lipinski definition) is 1. The zero-order valence-corrected chi connectivity index (χ0v) is 6.88. The number of rotatable bonds is 2. The molecule has 1 aromatic carbocycles. The van der Waals surface area contributed by atoms with Crippen molar-refractivity contribution < 1.29 is 9.90 Å². The Morgan fingerprint density at radius 1 is 1.67 bits per heavy atom. The van der Waals surface area contributed by atoms with E-state index in [9.17, 15) is 4.79 Å². The molecule has 1 aromatic rings. The molecule has 0 aliphatic rings. The molecule has 0 spiro atoms. The molecular formula is C9H6ClO2. The lowest BCUT2D eigenvalue weighted by Gasteiger charge is -1.91. The van der Waals surface area contributed by atoms with Crippen molar-refractivity contribution in [2.75, 3.05) is 0 Å². The molecule has 0 saturated carbocycles. The quantitative estimate of drug-likeness (QED) is 0.711. The lowest BCUT2D eigenvalue weighted by atomic mass is 10.2. The van der Waals surface area contributed by atoms with E-state index in [-0.39, 0.29) is 0 Å². The number of carboxylic acid groups (broad SMARTS) is 1. The van der Waals surface area contributed by atoms with Crippen molar-refractivity contribution >= 4 is 23.6 Å². The molecule has 0 bridgehead atoms. The highest BCUT2D eigenvalue weighted by atomic mass is 35.5. The van der Waals surface area contributed by atoms with Crippen LogP contribution in [0.2, 0.25) is 5.02 Å². The minimum atomic E-state index is -0.973. The Hall–Kier alpha value is -1.28. The fourth-order valence-electron chi connectivity index (χ4n) is 0.725. The fourth-order valence-corrected chi connectivity index (χ4v) is 0.914. The first-order chi connectivity index (χ1) is 5.68. The second-order valence-electron chi connectivity index (χ2n) is 2.14. The minimum absolute atomic E-state index is 0.475. The maximum absolute atomic E-state index is 10.1. The molecule has 1 N–H and O–H groups in total. The highest BCUT2D eigenvalue weighted by molar-refractivity contribution is 6.30. The zero-order valence-electron chi connectivity index (χ0n) is 6.12. The lowest BCUT2D eigenvalue weighted by Crippen LogP contribution is -1.85. The fraction of sp³-hybridized carbons (Fsp3) is 0. The van der Waals surface area contributed by atoms with Gasteiger partial charge < -0.3 is 5.11 Å². The first kappa shape index (κ1) is 8.81. The monoisotopic (exact) mass is 181 g/mol. The predicted octanol–water partition coefficient (Wildman–Crippen LogP) is 2.24. The van der Waals surface area contributed by atoms with Crippen LogP contribution in [0.3, 0.4) is 0 Å². The highest BCUT2D eigenvalue weighted by Gasteiger charge is 1.90. The molecule has 1 rings (SSSR count). The minimum Gasteiger partial charge on any atom is -0.478 e. The van der Waals surface area contributed by atoms with Crippen LogP contribution in [0.15, 0.2) is 24.3 Å². The molecule has 0 saturated heterocycles. The van der Waals surface area contributed by atoms with E-state index in [0.717, 1.165) is 11.6 Å². The van der Waals surface area contributed by atoms with Gasteiger partial charge in [0.25, 0.3) is 0 Å². The molecule has 2 nitrogen and oxygen atoms in total. The predicted molar refractivity (Wildman–Crippen MR) is 47.0 cm³/mol. The second kappa shape index (κ2) is 3.93. The zero-order chi connectivity index (χ0) is 8.97. The Balaban J connectivity index is 2.83. The molecule has 0 unspecified atom stereocenters. The average Bonchev–Trinajstić information content (AvgIpc) is 2.01. The van der Waals surface area contributed by atoms with E-state index in [2.05, 4.69) is 6.07 Å². The van der Waals surface area contributed by atoms with Crippen molar-refractivity contribution in [3.05, 3.63) is 40.9 Å². The molecule has 0 atom stereocenters. The number of carbonyl (C=O) groups is 1. The van der Waals surface area contributed by atoms with Crippen LogP contribution in [-0.2, 0) is 4.79 Å². The first-order valence-corrected chi connectivity index (χ1v) is 3.64. The maximum Gasteiger partial charge on any atom is 0.328 e. The lowest BCUT2D eigenvalue weighted by molar-refractivity contribution is -0.131. The Morgan fingerprint density at radius 2 is 2.42 bits per heavy atom. The number of hydrogen-bond acceptors (Lipinski definition) is 1. The van der Waals surface area contributed by atoms with Crippen molar-refractivity contribution in [3.8, 4) is 0 Å². The van der Waals surface area contributed by atoms with Crippen molar-refractivity contribution in [2.45, 2.75) is 0 Å². The van der Waals surface area contributed by atoms with Gasteiger partial charge in [0, 0.05) is 17.2 Å². The largest absolute Gasteiger partial charge is 0.478 e. The SMILES string of the molecule is O=C(O)C=Cc1cc[c]c(Cl)c1. The summed E-state index contributed by atoms with van der Waals surface area (Å²) in [5.74, 6) is -0.973. The molecule has 3 heteroatoms. The van der Waals surface area contributed by atoms with Crippen LogP contribution in [0.4, 0.5) is 0 Å². The van der Waals surface area contributed by atoms with Gasteiger partial charge in [-0.25, -0.2) is 4.79 Å². The van der Waals surface area contributed by atoms with Gasteiger partial charge in [-0.05, 0) is 17.7 Å². The van der Waals surface area contributed by atoms with Crippen molar-refractivity contribution in [1.82, 2.24) is 0 Å². The summed E-state index contributed by atoms with van der Waals surface area (Å²) in [6.45, 7) is 0. The van der Waals surface area contributed by atoms with Crippen molar-refractivity contribution in [1.29, 1.82) is 0 Å². The smallest absolute Gasteiger partial charge is 0.328 e. The number of benzene rings is 1. The third-order valence-corrected chi connectivity index (χ3v) is 1.43. The summed E-state index contributed by atoms with van der Waals surface area (Å²) < 4.78 is 0. The van der Waals surface area contributed by atoms with Crippen LogP contribution in [0, 0.1) is 6.07 Å². The van der Waals surface area contributed by atoms with E-state index in [0.29, 0.717) is 5.02 Å². The number of halogens is 1. The van der Waals surface area contributed by atoms with Gasteiger partial charge in [0.1, 0.15) is 0 Å². The van der Waals surface area contributed by atoms with Gasteiger partial charge >= 0.3 is 5.97 Å². The van der Waals surface area contributed by atoms with Gasteiger partial charge in [-0.3, -0.25) is 0 Å². The molecule has 1 radical (unpaired) electrons. The topological polar surface area (TPSA) is 37.3 Å². The van der Waals surface area contributed by atoms with E-state index >= 15 is 0 Å². The molecule has 0 aliphatic heterocycles. The summed E-state index contributed by atoms with van der Waals surface area (Å²) in [6.07, 6.45) is 2.54. The summed E-state index contributed by atoms with van der Waals surface area (Å²) in [6, 6.07) is 7.75. The van der Waals surface area contributed by atoms with Gasteiger partial charge in [0.15, 0.2) is 0 Å². The molecule has 0 fully saturated rings. The molecule has 0 aliphatic carbocycles. The van der Waals surface area contributed by atoms with Crippen LogP contribution >= 0.6 is 11.6 Å². The van der Waals surface area contributed by atoms with Crippen LogP contribution in [0.25, 0.3) is 6.08 Å². The average molecular weight is 182 g/mol. The van der Waals surface area contributed by atoms with E-state index in [1.54, 1.807) is 18.2 Å². The Bertz CT molecular complexity index is 318. The summed E-state index contributed by atoms with van der Waals surface area (Å²) >= 11 is 5.62. The van der Waals surface area contributed by atoms with E-state index in [4.69, 9.17) is 16.7 Å². The standard InChI is InChI=1S/C9H6ClO2/c10-8-3-1-2-7(6-8)4-5-9(11)12/h1-2,4-6H,(H,11,12). The van der Waals surface area contributed by atoms with Crippen LogP contribution in [0.1, 0.15) is 5.56 Å². The molecule has 61 valence electrons. The molecule has 0 amide bonds. The van der Waals surface area contributed by atoms with Crippen molar-refractivity contribution in [2.24, 2.45) is 0 Å². The van der Waals surface area contributed by atoms with Gasteiger partial charge in [-0.1, -0.05) is 23.7 Å². The van der Waals surface area contributed by atoms with Crippen LogP contribution in [0.5, 0.6) is 0 Å². The highest BCUT2D eigenvalue weighted by Crippen LogP contribution is 2.10. The van der Waals surface area contributed by atoms with Crippen LogP contribution in [-0.4, -0.2) is 11.1 Å². The van der Waals surface area contributed by atoms with Crippen LogP contribution < -0.4 is 0 Å². The summed E-state index contributed by atoms with van der Waals surface area (Å²) in [4.78, 5) is 10.1. The third-order valence-electron chi connectivity index (χ3n) is 1.21. The maximum atomic E-state index is 10.1. The van der Waals surface area contributed by atoms with Gasteiger partial charge in [0.05, 0.1) is 0 Å². The normalized spacial score (nSPS) is 10.4. The second-order valence-corrected chi connectivity index (χ2v) is 2.55. The summed E-state index contributed by atoms with van der Waals surface area (Å²) in [7, 11) is 0. The summed E-state index contributed by atoms with van der Waals surface area (Å²) in [5, 5.41) is 8.79. The van der Waals surface area contributed by atoms with Crippen molar-refractivity contribution in [3.63, 3.8) is 0 Å². The van der Waals surface area contributed by atoms with Gasteiger partial charge in [-0.15, -0.1) is 0 Å². The van der Waals surface area contributed by atoms with E-state index in [1.165, 1.54) is 6.08 Å². The van der Waals surface area contributed by atoms with E-state index in [1.807, 2.05) is 0 Å². The Morgan fingerprint density at radius 3 is 3.00 bits per heavy atom. The Kier molecular flexibility index (Phi) is 2.88. The molecule has 0 heterocycles. The number of carboxylic acids is 1. The molecule has 0 aromatic heterocycles.